The topological polar surface area (TPSA) is 98.7 Å². The van der Waals surface area contributed by atoms with E-state index in [1.54, 1.807) is 13.1 Å². The smallest absolute Gasteiger partial charge is 0.138 e. The molecular formula is C11H18N2O3. The van der Waals surface area contributed by atoms with Gasteiger partial charge in [0.25, 0.3) is 0 Å². The van der Waals surface area contributed by atoms with E-state index in [-0.39, 0.29) is 11.4 Å². The second-order valence-corrected chi connectivity index (χ2v) is 3.72. The van der Waals surface area contributed by atoms with E-state index >= 15 is 0 Å². The van der Waals surface area contributed by atoms with Crippen molar-refractivity contribution < 1.29 is 15.3 Å². The third kappa shape index (κ3) is 3.10. The molecule has 0 aromatic heterocycles. The minimum absolute atomic E-state index is 0.0272. The summed E-state index contributed by atoms with van der Waals surface area (Å²) >= 11 is 0. The Hall–Kier alpha value is -1.30. The van der Waals surface area contributed by atoms with Crippen LogP contribution in [-0.2, 0) is 0 Å². The molecule has 1 rings (SSSR count). The molecule has 0 saturated carbocycles. The van der Waals surface area contributed by atoms with E-state index < -0.39 is 12.2 Å². The molecule has 2 unspecified atom stereocenters. The van der Waals surface area contributed by atoms with Gasteiger partial charge in [-0.1, -0.05) is 6.07 Å². The van der Waals surface area contributed by atoms with Crippen LogP contribution < -0.4 is 11.1 Å². The Labute approximate surface area is 94.5 Å². The summed E-state index contributed by atoms with van der Waals surface area (Å²) in [7, 11) is 1.78. The van der Waals surface area contributed by atoms with Gasteiger partial charge in [-0.3, -0.25) is 0 Å². The van der Waals surface area contributed by atoms with Crippen molar-refractivity contribution in [3.8, 4) is 5.75 Å². The zero-order valence-corrected chi connectivity index (χ0v) is 9.22. The number of nitrogens with one attached hydrogen (secondary N) is 1. The van der Waals surface area contributed by atoms with Crippen molar-refractivity contribution in [2.45, 2.75) is 18.6 Å². The quantitative estimate of drug-likeness (QED) is 0.359. The van der Waals surface area contributed by atoms with E-state index in [2.05, 4.69) is 5.32 Å². The standard InChI is InChI=1S/C11H18N2O3/c1-13-5-4-10(15)11(16)7-2-3-9(14)8(12)6-7/h2-3,6,10-11,13-16H,4-5,12H2,1H3. The first-order valence-electron chi connectivity index (χ1n) is 5.15. The average Bonchev–Trinajstić information content (AvgIpc) is 2.28. The molecule has 1 aromatic rings. The fraction of sp³-hybridized carbons (Fsp3) is 0.455. The van der Waals surface area contributed by atoms with Gasteiger partial charge in [-0.2, -0.15) is 0 Å². The van der Waals surface area contributed by atoms with Gasteiger partial charge in [0.05, 0.1) is 11.8 Å². The van der Waals surface area contributed by atoms with Gasteiger partial charge in [0.2, 0.25) is 0 Å². The maximum Gasteiger partial charge on any atom is 0.138 e. The lowest BCUT2D eigenvalue weighted by molar-refractivity contribution is 0.0140. The van der Waals surface area contributed by atoms with E-state index in [0.29, 0.717) is 18.5 Å². The van der Waals surface area contributed by atoms with Crippen LogP contribution >= 0.6 is 0 Å². The lowest BCUT2D eigenvalue weighted by Crippen LogP contribution is -2.23. The Balaban J connectivity index is 2.71. The maximum absolute atomic E-state index is 9.82. The normalized spacial score (nSPS) is 14.7. The molecule has 0 amide bonds. The first-order valence-corrected chi connectivity index (χ1v) is 5.15. The van der Waals surface area contributed by atoms with Crippen molar-refractivity contribution in [2.75, 3.05) is 19.3 Å². The van der Waals surface area contributed by atoms with Gasteiger partial charge in [-0.05, 0) is 37.7 Å². The number of nitrogens with two attached hydrogens (primary N) is 1. The average molecular weight is 226 g/mol. The zero-order valence-electron chi connectivity index (χ0n) is 9.22. The summed E-state index contributed by atoms with van der Waals surface area (Å²) in [6.45, 7) is 0.617. The Morgan fingerprint density at radius 3 is 2.62 bits per heavy atom. The Morgan fingerprint density at radius 1 is 1.38 bits per heavy atom. The van der Waals surface area contributed by atoms with Gasteiger partial charge in [0.1, 0.15) is 11.9 Å². The minimum atomic E-state index is -0.990. The number of phenolic OH excluding ortho intramolecular Hbond substituents is 1. The van der Waals surface area contributed by atoms with Crippen molar-refractivity contribution in [1.29, 1.82) is 0 Å². The molecule has 1 aromatic carbocycles. The van der Waals surface area contributed by atoms with Gasteiger partial charge in [-0.15, -0.1) is 0 Å². The van der Waals surface area contributed by atoms with Crippen LogP contribution in [-0.4, -0.2) is 35.0 Å². The molecule has 0 aliphatic carbocycles. The molecule has 0 saturated heterocycles. The largest absolute Gasteiger partial charge is 0.506 e. The predicted octanol–water partition coefficient (Wildman–Crippen LogP) is -0.0218. The molecule has 90 valence electrons. The van der Waals surface area contributed by atoms with Crippen LogP contribution in [0.5, 0.6) is 5.75 Å². The molecule has 0 bridgehead atoms. The van der Waals surface area contributed by atoms with Crippen LogP contribution in [0.4, 0.5) is 5.69 Å². The fourth-order valence-electron chi connectivity index (χ4n) is 1.43. The van der Waals surface area contributed by atoms with Crippen LogP contribution in [0, 0.1) is 0 Å². The second kappa shape index (κ2) is 5.69. The minimum Gasteiger partial charge on any atom is -0.506 e. The van der Waals surface area contributed by atoms with Gasteiger partial charge in [0, 0.05) is 0 Å². The highest BCUT2D eigenvalue weighted by atomic mass is 16.3. The molecule has 5 heteroatoms. The lowest BCUT2D eigenvalue weighted by Gasteiger charge is -2.18. The van der Waals surface area contributed by atoms with E-state index in [0.717, 1.165) is 0 Å². The number of aliphatic hydroxyl groups is 2. The first-order chi connectivity index (χ1) is 7.56. The van der Waals surface area contributed by atoms with Crippen molar-refractivity contribution >= 4 is 5.69 Å². The van der Waals surface area contributed by atoms with Crippen LogP contribution in [0.3, 0.4) is 0 Å². The van der Waals surface area contributed by atoms with E-state index in [4.69, 9.17) is 5.73 Å². The number of phenols is 1. The molecule has 0 heterocycles. The Bertz CT molecular complexity index is 344. The number of hydrogen-bond donors (Lipinski definition) is 5. The first kappa shape index (κ1) is 12.8. The lowest BCUT2D eigenvalue weighted by atomic mass is 10.0. The van der Waals surface area contributed by atoms with Crippen molar-refractivity contribution in [3.63, 3.8) is 0 Å². The third-order valence-corrected chi connectivity index (χ3v) is 2.45. The molecule has 16 heavy (non-hydrogen) atoms. The van der Waals surface area contributed by atoms with Crippen LogP contribution in [0.25, 0.3) is 0 Å². The maximum atomic E-state index is 9.82. The highest BCUT2D eigenvalue weighted by Crippen LogP contribution is 2.26. The van der Waals surface area contributed by atoms with Crippen LogP contribution in [0.15, 0.2) is 18.2 Å². The number of anilines is 1. The summed E-state index contributed by atoms with van der Waals surface area (Å²) in [6, 6.07) is 4.40. The molecule has 0 aliphatic rings. The highest BCUT2D eigenvalue weighted by molar-refractivity contribution is 5.53. The van der Waals surface area contributed by atoms with Gasteiger partial charge >= 0.3 is 0 Å². The van der Waals surface area contributed by atoms with E-state index in [1.807, 2.05) is 0 Å². The summed E-state index contributed by atoms with van der Waals surface area (Å²) in [5.74, 6) is -0.0272. The highest BCUT2D eigenvalue weighted by Gasteiger charge is 2.18. The molecule has 0 fully saturated rings. The number of nitrogen functional groups attached to an aromatic ring is 1. The molecular weight excluding hydrogens is 208 g/mol. The summed E-state index contributed by atoms with van der Waals surface area (Å²) in [6.07, 6.45) is -1.40. The number of hydrogen-bond acceptors (Lipinski definition) is 5. The molecule has 0 aliphatic heterocycles. The molecule has 6 N–H and O–H groups in total. The van der Waals surface area contributed by atoms with Gasteiger partial charge < -0.3 is 26.4 Å². The third-order valence-electron chi connectivity index (χ3n) is 2.45. The van der Waals surface area contributed by atoms with Crippen molar-refractivity contribution in [3.05, 3.63) is 23.8 Å². The monoisotopic (exact) mass is 226 g/mol. The Morgan fingerprint density at radius 2 is 2.06 bits per heavy atom. The van der Waals surface area contributed by atoms with Crippen molar-refractivity contribution in [2.24, 2.45) is 0 Å². The summed E-state index contributed by atoms with van der Waals surface area (Å²) in [5.41, 5.74) is 6.19. The van der Waals surface area contributed by atoms with Crippen molar-refractivity contribution in [1.82, 2.24) is 5.32 Å². The van der Waals surface area contributed by atoms with E-state index in [1.165, 1.54) is 12.1 Å². The molecule has 2 atom stereocenters. The summed E-state index contributed by atoms with van der Waals surface area (Å²) < 4.78 is 0. The number of rotatable bonds is 5. The molecule has 0 spiro atoms. The van der Waals surface area contributed by atoms with Gasteiger partial charge in [-0.25, -0.2) is 0 Å². The number of aromatic hydroxyl groups is 1. The second-order valence-electron chi connectivity index (χ2n) is 3.72. The fourth-order valence-corrected chi connectivity index (χ4v) is 1.43. The summed E-state index contributed by atoms with van der Waals surface area (Å²) in [4.78, 5) is 0. The molecule has 0 radical (unpaired) electrons. The van der Waals surface area contributed by atoms with Crippen LogP contribution in [0.2, 0.25) is 0 Å². The van der Waals surface area contributed by atoms with E-state index in [9.17, 15) is 15.3 Å². The van der Waals surface area contributed by atoms with Crippen LogP contribution in [0.1, 0.15) is 18.1 Å². The van der Waals surface area contributed by atoms with Gasteiger partial charge in [0.15, 0.2) is 0 Å². The summed E-state index contributed by atoms with van der Waals surface area (Å²) in [5, 5.41) is 31.6. The number of benzene rings is 1. The Kier molecular flexibility index (Phi) is 4.54. The number of aliphatic hydroxyl groups excluding tert-OH is 2. The predicted molar refractivity (Wildman–Crippen MR) is 62.0 cm³/mol. The zero-order chi connectivity index (χ0) is 12.1. The SMILES string of the molecule is CNCCC(O)C(O)c1ccc(O)c(N)c1. The molecule has 5 nitrogen and oxygen atoms in total.